The van der Waals surface area contributed by atoms with E-state index in [9.17, 15) is 9.59 Å². The molecular weight excluding hydrogens is 505 g/mol. The largest absolute Gasteiger partial charge is 0.388 e. The van der Waals surface area contributed by atoms with Crippen molar-refractivity contribution in [1.82, 2.24) is 19.4 Å². The van der Waals surface area contributed by atoms with Gasteiger partial charge in [0.1, 0.15) is 5.82 Å². The number of pyridine rings is 2. The summed E-state index contributed by atoms with van der Waals surface area (Å²) in [6, 6.07) is 8.55. The molecule has 1 amide bonds. The highest BCUT2D eigenvalue weighted by atomic mass is 19.1. The van der Waals surface area contributed by atoms with Crippen molar-refractivity contribution in [3.05, 3.63) is 98.5 Å². The zero-order valence-corrected chi connectivity index (χ0v) is 24.4. The molecule has 1 aromatic carbocycles. The van der Waals surface area contributed by atoms with Gasteiger partial charge in [-0.1, -0.05) is 17.7 Å². The van der Waals surface area contributed by atoms with Gasteiger partial charge >= 0.3 is 0 Å². The number of anilines is 1. The lowest BCUT2D eigenvalue weighted by molar-refractivity contribution is 0.0827. The van der Waals surface area contributed by atoms with Crippen LogP contribution >= 0.6 is 0 Å². The molecule has 0 spiro atoms. The number of carbonyl (C=O) groups excluding carboxylic acids is 1. The summed E-state index contributed by atoms with van der Waals surface area (Å²) in [4.78, 5) is 33.4. The number of hydrogen-bond donors (Lipinski definition) is 1. The number of rotatable bonds is 7. The van der Waals surface area contributed by atoms with Gasteiger partial charge in [0.15, 0.2) is 0 Å². The highest BCUT2D eigenvalue weighted by molar-refractivity contribution is 5.94. The average molecular weight is 544 g/mol. The van der Waals surface area contributed by atoms with Gasteiger partial charge in [0, 0.05) is 86.8 Å². The summed E-state index contributed by atoms with van der Waals surface area (Å²) in [6.45, 7) is 9.53. The Hall–Kier alpha value is -4.04. The molecule has 1 N–H and O–H groups in total. The van der Waals surface area contributed by atoms with Crippen molar-refractivity contribution in [2.75, 3.05) is 39.5 Å². The summed E-state index contributed by atoms with van der Waals surface area (Å²) in [6.07, 6.45) is 8.42. The zero-order chi connectivity index (χ0) is 29.1. The van der Waals surface area contributed by atoms with Gasteiger partial charge in [-0.05, 0) is 69.5 Å². The van der Waals surface area contributed by atoms with Crippen molar-refractivity contribution in [2.45, 2.75) is 40.2 Å². The summed E-state index contributed by atoms with van der Waals surface area (Å²) in [5.74, 6) is -0.563. The normalized spacial score (nSPS) is 15.0. The molecule has 7 nitrogen and oxygen atoms in total. The van der Waals surface area contributed by atoms with Crippen LogP contribution in [0.2, 0.25) is 0 Å². The minimum absolute atomic E-state index is 0.117. The van der Waals surface area contributed by atoms with Crippen LogP contribution in [0.1, 0.15) is 53.0 Å². The second-order valence-electron chi connectivity index (χ2n) is 10.6. The highest BCUT2D eigenvalue weighted by Gasteiger charge is 2.23. The maximum atomic E-state index is 15.2. The molecule has 1 aliphatic heterocycles. The number of nitrogens with zero attached hydrogens (tertiary/aromatic N) is 4. The van der Waals surface area contributed by atoms with Crippen LogP contribution in [-0.2, 0) is 0 Å². The molecule has 0 saturated heterocycles. The Labute approximate surface area is 235 Å². The van der Waals surface area contributed by atoms with E-state index in [1.807, 2.05) is 26.0 Å². The molecular formula is C32H38FN5O2. The van der Waals surface area contributed by atoms with E-state index in [1.54, 1.807) is 50.2 Å². The van der Waals surface area contributed by atoms with Gasteiger partial charge in [-0.15, -0.1) is 0 Å². The van der Waals surface area contributed by atoms with Crippen LogP contribution < -0.4 is 10.9 Å². The second kappa shape index (κ2) is 12.0. The van der Waals surface area contributed by atoms with Crippen LogP contribution in [0.25, 0.3) is 17.3 Å². The predicted molar refractivity (Wildman–Crippen MR) is 161 cm³/mol. The van der Waals surface area contributed by atoms with E-state index in [4.69, 9.17) is 0 Å². The van der Waals surface area contributed by atoms with E-state index in [0.29, 0.717) is 24.1 Å². The molecule has 1 atom stereocenters. The first-order valence-corrected chi connectivity index (χ1v) is 13.5. The van der Waals surface area contributed by atoms with Crippen molar-refractivity contribution in [3.8, 4) is 5.69 Å². The van der Waals surface area contributed by atoms with Gasteiger partial charge in [-0.25, -0.2) is 4.39 Å². The van der Waals surface area contributed by atoms with E-state index >= 15 is 4.39 Å². The summed E-state index contributed by atoms with van der Waals surface area (Å²) in [5.41, 5.74) is 7.03. The molecule has 210 valence electrons. The molecule has 8 heteroatoms. The molecule has 0 aliphatic carbocycles. The number of halogens is 1. The van der Waals surface area contributed by atoms with Crippen LogP contribution in [-0.4, -0.2) is 65.5 Å². The van der Waals surface area contributed by atoms with E-state index in [1.165, 1.54) is 11.0 Å². The molecule has 0 saturated carbocycles. The SMILES string of the molecule is CNc1ccn(-c2ccnc(C)c2/C=C(\C)C(C)N2CC=C(c3c(C)cc(C(=O)N(C)C)cc3F)CC2)c(=O)c1. The fourth-order valence-electron chi connectivity index (χ4n) is 5.22. The summed E-state index contributed by atoms with van der Waals surface area (Å²) < 4.78 is 16.8. The predicted octanol–water partition coefficient (Wildman–Crippen LogP) is 5.31. The third-order valence-corrected chi connectivity index (χ3v) is 7.72. The van der Waals surface area contributed by atoms with Crippen molar-refractivity contribution >= 4 is 23.2 Å². The van der Waals surface area contributed by atoms with Crippen LogP contribution in [0.3, 0.4) is 0 Å². The molecule has 40 heavy (non-hydrogen) atoms. The van der Waals surface area contributed by atoms with Crippen molar-refractivity contribution in [3.63, 3.8) is 0 Å². The monoisotopic (exact) mass is 543 g/mol. The minimum atomic E-state index is -0.355. The van der Waals surface area contributed by atoms with Crippen LogP contribution in [0, 0.1) is 19.7 Å². The van der Waals surface area contributed by atoms with Crippen molar-refractivity contribution in [2.24, 2.45) is 0 Å². The Morgan fingerprint density at radius 1 is 1.20 bits per heavy atom. The summed E-state index contributed by atoms with van der Waals surface area (Å²) in [5, 5.41) is 3.00. The first-order valence-electron chi connectivity index (χ1n) is 13.5. The van der Waals surface area contributed by atoms with Gasteiger partial charge in [0.05, 0.1) is 5.69 Å². The Kier molecular flexibility index (Phi) is 8.69. The second-order valence-corrected chi connectivity index (χ2v) is 10.6. The Morgan fingerprint density at radius 3 is 2.55 bits per heavy atom. The fourth-order valence-corrected chi connectivity index (χ4v) is 5.22. The third kappa shape index (κ3) is 5.92. The van der Waals surface area contributed by atoms with E-state index in [0.717, 1.165) is 45.9 Å². The fraction of sp³-hybridized carbons (Fsp3) is 0.344. The third-order valence-electron chi connectivity index (χ3n) is 7.72. The molecule has 0 fully saturated rings. The maximum Gasteiger partial charge on any atom is 0.257 e. The lowest BCUT2D eigenvalue weighted by atomic mass is 9.92. The lowest BCUT2D eigenvalue weighted by Gasteiger charge is -2.33. The van der Waals surface area contributed by atoms with Gasteiger partial charge in [-0.3, -0.25) is 24.0 Å². The summed E-state index contributed by atoms with van der Waals surface area (Å²) >= 11 is 0. The van der Waals surface area contributed by atoms with Crippen molar-refractivity contribution < 1.29 is 9.18 Å². The first kappa shape index (κ1) is 29.0. The molecule has 0 bridgehead atoms. The number of nitrogens with one attached hydrogen (secondary N) is 1. The molecule has 2 aromatic heterocycles. The highest BCUT2D eigenvalue weighted by Crippen LogP contribution is 2.31. The number of amides is 1. The van der Waals surface area contributed by atoms with E-state index < -0.39 is 0 Å². The Morgan fingerprint density at radius 2 is 1.95 bits per heavy atom. The van der Waals surface area contributed by atoms with Gasteiger partial charge < -0.3 is 10.2 Å². The average Bonchev–Trinajstić information content (AvgIpc) is 2.93. The van der Waals surface area contributed by atoms with E-state index in [2.05, 4.69) is 41.2 Å². The maximum absolute atomic E-state index is 15.2. The number of benzene rings is 1. The number of hydrogen-bond acceptors (Lipinski definition) is 5. The standard InChI is InChI=1S/C32H38FN5O2/c1-20(17-27-22(3)35-12-8-29(27)38-15-11-26(34-5)19-30(38)39)23(4)37-13-9-24(10-14-37)31-21(2)16-25(18-28(31)33)32(40)36(6)7/h8-9,11-12,15-19,23,34H,10,13-14H2,1-7H3/b20-17+. The molecule has 3 aromatic rings. The van der Waals surface area contributed by atoms with Crippen LogP contribution in [0.15, 0.2) is 59.2 Å². The van der Waals surface area contributed by atoms with Gasteiger partial charge in [0.25, 0.3) is 11.5 Å². The van der Waals surface area contributed by atoms with Crippen LogP contribution in [0.5, 0.6) is 0 Å². The number of carbonyl (C=O) groups is 1. The molecule has 0 radical (unpaired) electrons. The lowest BCUT2D eigenvalue weighted by Crippen LogP contribution is -2.37. The summed E-state index contributed by atoms with van der Waals surface area (Å²) in [7, 11) is 5.11. The number of aromatic nitrogens is 2. The van der Waals surface area contributed by atoms with Gasteiger partial charge in [0.2, 0.25) is 0 Å². The Bertz CT molecular complexity index is 1530. The smallest absolute Gasteiger partial charge is 0.257 e. The molecule has 1 unspecified atom stereocenters. The van der Waals surface area contributed by atoms with Crippen LogP contribution in [0.4, 0.5) is 10.1 Å². The Balaban J connectivity index is 1.57. The zero-order valence-electron chi connectivity index (χ0n) is 24.4. The topological polar surface area (TPSA) is 70.5 Å². The minimum Gasteiger partial charge on any atom is -0.388 e. The molecule has 1 aliphatic rings. The molecule has 4 rings (SSSR count). The molecule has 3 heterocycles. The quantitative estimate of drug-likeness (QED) is 0.437. The number of aryl methyl sites for hydroxylation is 2. The van der Waals surface area contributed by atoms with Gasteiger partial charge in [-0.2, -0.15) is 0 Å². The van der Waals surface area contributed by atoms with Crippen molar-refractivity contribution in [1.29, 1.82) is 0 Å². The van der Waals surface area contributed by atoms with E-state index in [-0.39, 0.29) is 23.3 Å². The first-order chi connectivity index (χ1) is 19.0.